The first-order valence-electron chi connectivity index (χ1n) is 10.4. The minimum atomic E-state index is -0.123. The van der Waals surface area contributed by atoms with Gasteiger partial charge in [-0.25, -0.2) is 4.68 Å². The van der Waals surface area contributed by atoms with E-state index in [-0.39, 0.29) is 23.2 Å². The van der Waals surface area contributed by atoms with Crippen molar-refractivity contribution in [2.24, 2.45) is 14.1 Å². The van der Waals surface area contributed by atoms with Crippen LogP contribution in [0.3, 0.4) is 0 Å². The third-order valence-electron chi connectivity index (χ3n) is 5.69. The minimum absolute atomic E-state index is 0.00293. The summed E-state index contributed by atoms with van der Waals surface area (Å²) in [5.74, 6) is 1.32. The van der Waals surface area contributed by atoms with Crippen LogP contribution in [0.5, 0.6) is 0 Å². The van der Waals surface area contributed by atoms with Crippen molar-refractivity contribution in [2.45, 2.75) is 45.2 Å². The Balaban J connectivity index is 1.59. The first kappa shape index (κ1) is 20.1. The van der Waals surface area contributed by atoms with Crippen molar-refractivity contribution in [3.63, 3.8) is 0 Å². The zero-order valence-corrected chi connectivity index (χ0v) is 17.9. The molecule has 4 rings (SSSR count). The molecule has 3 aromatic heterocycles. The minimum Gasteiger partial charge on any atom is -0.353 e. The molecule has 10 nitrogen and oxygen atoms in total. The molecule has 10 heteroatoms. The Kier molecular flexibility index (Phi) is 5.31. The Morgan fingerprint density at radius 2 is 2.00 bits per heavy atom. The molecule has 0 aliphatic carbocycles. The highest BCUT2D eigenvalue weighted by molar-refractivity contribution is 5.74. The molecule has 1 aliphatic rings. The largest absolute Gasteiger partial charge is 0.353 e. The van der Waals surface area contributed by atoms with Crippen LogP contribution in [0, 0.1) is 0 Å². The van der Waals surface area contributed by atoms with Crippen molar-refractivity contribution in [1.82, 2.24) is 29.1 Å². The maximum atomic E-state index is 12.6. The lowest BCUT2D eigenvalue weighted by Gasteiger charge is -2.37. The molecule has 3 aromatic rings. The number of piperidine rings is 1. The van der Waals surface area contributed by atoms with E-state index in [0.29, 0.717) is 23.5 Å². The average Bonchev–Trinajstić information content (AvgIpc) is 3.10. The first-order chi connectivity index (χ1) is 14.4. The van der Waals surface area contributed by atoms with Gasteiger partial charge in [-0.1, -0.05) is 0 Å². The van der Waals surface area contributed by atoms with Crippen molar-refractivity contribution < 1.29 is 0 Å². The normalized spacial score (nSPS) is 17.1. The number of aryl methyl sites for hydroxylation is 1. The van der Waals surface area contributed by atoms with E-state index in [9.17, 15) is 9.59 Å². The third-order valence-corrected chi connectivity index (χ3v) is 5.69. The van der Waals surface area contributed by atoms with Gasteiger partial charge < -0.3 is 10.2 Å². The maximum absolute atomic E-state index is 12.6. The fraction of sp³-hybridized carbons (Fsp3) is 0.550. The molecule has 1 saturated heterocycles. The number of hydrogen-bond acceptors (Lipinski definition) is 7. The van der Waals surface area contributed by atoms with Crippen LogP contribution in [0.4, 0.5) is 11.8 Å². The highest BCUT2D eigenvalue weighted by Gasteiger charge is 2.25. The molecule has 1 unspecified atom stereocenters. The van der Waals surface area contributed by atoms with Gasteiger partial charge in [-0.3, -0.25) is 18.8 Å². The van der Waals surface area contributed by atoms with E-state index in [1.807, 2.05) is 13.8 Å². The zero-order valence-electron chi connectivity index (χ0n) is 17.9. The van der Waals surface area contributed by atoms with Crippen LogP contribution in [-0.2, 0) is 14.1 Å². The molecule has 1 atom stereocenters. The van der Waals surface area contributed by atoms with Crippen LogP contribution >= 0.6 is 0 Å². The summed E-state index contributed by atoms with van der Waals surface area (Å²) in [4.78, 5) is 31.5. The zero-order chi connectivity index (χ0) is 21.4. The summed E-state index contributed by atoms with van der Waals surface area (Å²) in [6, 6.07) is 3.57. The molecular formula is C20H28N8O2. The highest BCUT2D eigenvalue weighted by Crippen LogP contribution is 2.23. The number of nitrogens with one attached hydrogen (secondary N) is 1. The van der Waals surface area contributed by atoms with E-state index in [0.717, 1.165) is 31.6 Å². The molecule has 1 aliphatic heterocycles. The summed E-state index contributed by atoms with van der Waals surface area (Å²) in [5.41, 5.74) is 0.345. The number of aromatic nitrogens is 6. The number of rotatable bonds is 5. The average molecular weight is 412 g/mol. The molecule has 0 spiro atoms. The summed E-state index contributed by atoms with van der Waals surface area (Å²) < 4.78 is 4.65. The Bertz CT molecular complexity index is 1180. The van der Waals surface area contributed by atoms with Crippen LogP contribution in [0.15, 0.2) is 27.9 Å². The molecule has 0 amide bonds. The smallest absolute Gasteiger partial charge is 0.267 e. The van der Waals surface area contributed by atoms with Crippen molar-refractivity contribution in [3.8, 4) is 0 Å². The van der Waals surface area contributed by atoms with E-state index in [4.69, 9.17) is 0 Å². The summed E-state index contributed by atoms with van der Waals surface area (Å²) in [5, 5.41) is 12.6. The van der Waals surface area contributed by atoms with Gasteiger partial charge in [-0.2, -0.15) is 15.2 Å². The lowest BCUT2D eigenvalue weighted by molar-refractivity contribution is 0.450. The van der Waals surface area contributed by atoms with Crippen LogP contribution in [0.1, 0.15) is 39.2 Å². The summed E-state index contributed by atoms with van der Waals surface area (Å²) in [6.45, 7) is 5.40. The van der Waals surface area contributed by atoms with Crippen LogP contribution < -0.4 is 21.3 Å². The summed E-state index contributed by atoms with van der Waals surface area (Å²) >= 11 is 0. The van der Waals surface area contributed by atoms with E-state index < -0.39 is 0 Å². The van der Waals surface area contributed by atoms with Crippen LogP contribution in [-0.4, -0.2) is 48.2 Å². The van der Waals surface area contributed by atoms with Gasteiger partial charge in [-0.05, 0) is 39.2 Å². The molecule has 0 aromatic carbocycles. The van der Waals surface area contributed by atoms with Crippen LogP contribution in [0.2, 0.25) is 0 Å². The molecule has 1 N–H and O–H groups in total. The SMILES string of the molecule is CC(C)n1nc(N2CCCCC2CNc2nc3c(cnn3C)c(=O)n2C)ccc1=O. The van der Waals surface area contributed by atoms with Gasteiger partial charge in [0.1, 0.15) is 11.2 Å². The van der Waals surface area contributed by atoms with Gasteiger partial charge in [0.15, 0.2) is 5.65 Å². The second kappa shape index (κ2) is 7.92. The van der Waals surface area contributed by atoms with Crippen molar-refractivity contribution >= 4 is 22.8 Å². The van der Waals surface area contributed by atoms with Gasteiger partial charge in [0.2, 0.25) is 5.95 Å². The number of fused-ring (bicyclic) bond motifs is 1. The van der Waals surface area contributed by atoms with Gasteiger partial charge in [0.25, 0.3) is 11.1 Å². The Morgan fingerprint density at radius 1 is 1.20 bits per heavy atom. The van der Waals surface area contributed by atoms with E-state index in [1.54, 1.807) is 37.1 Å². The van der Waals surface area contributed by atoms with E-state index in [2.05, 4.69) is 25.4 Å². The fourth-order valence-electron chi connectivity index (χ4n) is 3.99. The topological polar surface area (TPSA) is 103 Å². The highest BCUT2D eigenvalue weighted by atomic mass is 16.1. The number of nitrogens with zero attached hydrogens (tertiary/aromatic N) is 7. The third kappa shape index (κ3) is 3.57. The molecule has 1 fully saturated rings. The lowest BCUT2D eigenvalue weighted by atomic mass is 10.0. The Hall–Kier alpha value is -3.17. The summed E-state index contributed by atoms with van der Waals surface area (Å²) in [7, 11) is 3.49. The van der Waals surface area contributed by atoms with E-state index in [1.165, 1.54) is 9.25 Å². The van der Waals surface area contributed by atoms with E-state index >= 15 is 0 Å². The number of anilines is 2. The van der Waals surface area contributed by atoms with Gasteiger partial charge in [0, 0.05) is 39.3 Å². The standard InChI is InChI=1S/C20H28N8O2/c1-13(2)28-17(29)9-8-16(24-28)27-10-6-5-7-14(27)11-21-20-23-18-15(12-22-26(18)4)19(30)25(20)3/h8-9,12-14H,5-7,10-11H2,1-4H3,(H,21,23). The Labute approximate surface area is 174 Å². The molecule has 0 bridgehead atoms. The van der Waals surface area contributed by atoms with Crippen molar-refractivity contribution in [3.05, 3.63) is 39.0 Å². The fourth-order valence-corrected chi connectivity index (χ4v) is 3.99. The first-order valence-corrected chi connectivity index (χ1v) is 10.4. The predicted molar refractivity (Wildman–Crippen MR) is 116 cm³/mol. The second-order valence-electron chi connectivity index (χ2n) is 8.10. The molecule has 4 heterocycles. The molecule has 0 radical (unpaired) electrons. The molecule has 30 heavy (non-hydrogen) atoms. The second-order valence-corrected chi connectivity index (χ2v) is 8.10. The molecular weight excluding hydrogens is 384 g/mol. The monoisotopic (exact) mass is 412 g/mol. The molecule has 0 saturated carbocycles. The quantitative estimate of drug-likeness (QED) is 0.673. The van der Waals surface area contributed by atoms with Crippen molar-refractivity contribution in [1.29, 1.82) is 0 Å². The molecule has 160 valence electrons. The van der Waals surface area contributed by atoms with Crippen LogP contribution in [0.25, 0.3) is 11.0 Å². The van der Waals surface area contributed by atoms with Gasteiger partial charge >= 0.3 is 0 Å². The predicted octanol–water partition coefficient (Wildman–Crippen LogP) is 1.28. The lowest BCUT2D eigenvalue weighted by Crippen LogP contribution is -2.45. The number of hydrogen-bond donors (Lipinski definition) is 1. The van der Waals surface area contributed by atoms with Crippen molar-refractivity contribution in [2.75, 3.05) is 23.3 Å². The summed E-state index contributed by atoms with van der Waals surface area (Å²) in [6.07, 6.45) is 4.75. The van der Waals surface area contributed by atoms with Gasteiger partial charge in [-0.15, -0.1) is 0 Å². The van der Waals surface area contributed by atoms with Gasteiger partial charge in [0.05, 0.1) is 12.2 Å². The maximum Gasteiger partial charge on any atom is 0.267 e. The Morgan fingerprint density at radius 3 is 2.77 bits per heavy atom.